The van der Waals surface area contributed by atoms with Crippen LogP contribution in [0.1, 0.15) is 5.56 Å². The van der Waals surface area contributed by atoms with Gasteiger partial charge in [-0.2, -0.15) is 0 Å². The molecule has 0 N–H and O–H groups in total. The van der Waals surface area contributed by atoms with E-state index in [1.54, 1.807) is 28.7 Å². The first-order valence-electron chi connectivity index (χ1n) is 6.48. The summed E-state index contributed by atoms with van der Waals surface area (Å²) in [6.07, 6.45) is 0. The van der Waals surface area contributed by atoms with Crippen molar-refractivity contribution in [2.45, 2.75) is 6.92 Å². The van der Waals surface area contributed by atoms with Gasteiger partial charge < -0.3 is 14.2 Å². The molecule has 21 heavy (non-hydrogen) atoms. The normalized spacial score (nSPS) is 10.2. The van der Waals surface area contributed by atoms with E-state index in [1.165, 1.54) is 5.56 Å². The zero-order chi connectivity index (χ0) is 14.9. The van der Waals surface area contributed by atoms with E-state index in [4.69, 9.17) is 14.2 Å². The van der Waals surface area contributed by atoms with E-state index in [1.807, 2.05) is 42.5 Å². The second-order valence-corrected chi connectivity index (χ2v) is 6.61. The van der Waals surface area contributed by atoms with Gasteiger partial charge in [0.05, 0.1) is 7.11 Å². The molecule has 0 heterocycles. The topological polar surface area (TPSA) is 27.7 Å². The van der Waals surface area contributed by atoms with Crippen LogP contribution in [-0.2, 0) is 0 Å². The Bertz CT molecular complexity index is 561. The molecule has 2 rings (SSSR count). The standard InChI is InChI=1S/C16H18O3S2/c1-13-5-3-7-15(9-13)18-11-20-21-12-19-16-8-4-6-14(10-16)17-2/h3-10H,11-12H2,1-2H3. The smallest absolute Gasteiger partial charge is 0.144 e. The van der Waals surface area contributed by atoms with Gasteiger partial charge >= 0.3 is 0 Å². The van der Waals surface area contributed by atoms with E-state index in [-0.39, 0.29) is 0 Å². The van der Waals surface area contributed by atoms with Gasteiger partial charge in [-0.05, 0) is 58.3 Å². The molecule has 0 aliphatic heterocycles. The summed E-state index contributed by atoms with van der Waals surface area (Å²) in [5.74, 6) is 3.66. The zero-order valence-corrected chi connectivity index (χ0v) is 13.7. The molecular weight excluding hydrogens is 304 g/mol. The number of hydrogen-bond donors (Lipinski definition) is 0. The molecule has 0 unspecified atom stereocenters. The average molecular weight is 322 g/mol. The average Bonchev–Trinajstić information content (AvgIpc) is 2.51. The summed E-state index contributed by atoms with van der Waals surface area (Å²) >= 11 is 0. The fraction of sp³-hybridized carbons (Fsp3) is 0.250. The fourth-order valence-corrected chi connectivity index (χ4v) is 2.85. The highest BCUT2D eigenvalue weighted by Crippen LogP contribution is 2.25. The highest BCUT2D eigenvalue weighted by molar-refractivity contribution is 8.76. The van der Waals surface area contributed by atoms with Gasteiger partial charge in [0.1, 0.15) is 29.1 Å². The summed E-state index contributed by atoms with van der Waals surface area (Å²) in [6, 6.07) is 15.6. The van der Waals surface area contributed by atoms with Crippen LogP contribution in [0.25, 0.3) is 0 Å². The van der Waals surface area contributed by atoms with E-state index < -0.39 is 0 Å². The molecule has 0 bridgehead atoms. The Balaban J connectivity index is 1.61. The monoisotopic (exact) mass is 322 g/mol. The predicted molar refractivity (Wildman–Crippen MR) is 90.3 cm³/mol. The number of aryl methyl sites for hydroxylation is 1. The lowest BCUT2D eigenvalue weighted by molar-refractivity contribution is 0.381. The summed E-state index contributed by atoms with van der Waals surface area (Å²) < 4.78 is 16.4. The van der Waals surface area contributed by atoms with Gasteiger partial charge in [0, 0.05) is 6.07 Å². The molecule has 0 fully saturated rings. The number of ether oxygens (including phenoxy) is 3. The lowest BCUT2D eigenvalue weighted by Gasteiger charge is -2.08. The van der Waals surface area contributed by atoms with Crippen molar-refractivity contribution in [3.8, 4) is 17.2 Å². The maximum atomic E-state index is 5.64. The molecule has 5 heteroatoms. The Morgan fingerprint density at radius 2 is 1.38 bits per heavy atom. The second kappa shape index (κ2) is 8.74. The summed E-state index contributed by atoms with van der Waals surface area (Å²) in [5.41, 5.74) is 1.20. The molecule has 0 aromatic heterocycles. The van der Waals surface area contributed by atoms with Crippen LogP contribution < -0.4 is 14.2 Å². The van der Waals surface area contributed by atoms with Crippen molar-refractivity contribution in [1.29, 1.82) is 0 Å². The molecule has 0 amide bonds. The molecule has 0 radical (unpaired) electrons. The highest BCUT2D eigenvalue weighted by atomic mass is 33.1. The molecule has 0 spiro atoms. The van der Waals surface area contributed by atoms with Gasteiger partial charge in [-0.15, -0.1) is 0 Å². The van der Waals surface area contributed by atoms with E-state index in [0.717, 1.165) is 17.2 Å². The van der Waals surface area contributed by atoms with Crippen LogP contribution in [0, 0.1) is 6.92 Å². The van der Waals surface area contributed by atoms with Crippen LogP contribution in [0.2, 0.25) is 0 Å². The van der Waals surface area contributed by atoms with Crippen molar-refractivity contribution in [1.82, 2.24) is 0 Å². The quantitative estimate of drug-likeness (QED) is 0.397. The first kappa shape index (κ1) is 15.9. The lowest BCUT2D eigenvalue weighted by atomic mass is 10.2. The molecule has 2 aromatic rings. The Morgan fingerprint density at radius 3 is 2.00 bits per heavy atom. The van der Waals surface area contributed by atoms with Crippen LogP contribution >= 0.6 is 21.6 Å². The van der Waals surface area contributed by atoms with Crippen molar-refractivity contribution < 1.29 is 14.2 Å². The van der Waals surface area contributed by atoms with Crippen LogP contribution in [0.5, 0.6) is 17.2 Å². The summed E-state index contributed by atoms with van der Waals surface area (Å²) in [6.45, 7) is 2.05. The Kier molecular flexibility index (Phi) is 6.63. The maximum absolute atomic E-state index is 5.64. The Hall–Kier alpha value is -1.46. The number of methoxy groups -OCH3 is 1. The van der Waals surface area contributed by atoms with E-state index in [0.29, 0.717) is 11.9 Å². The minimum atomic E-state index is 0.564. The van der Waals surface area contributed by atoms with Crippen LogP contribution in [-0.4, -0.2) is 19.0 Å². The molecule has 112 valence electrons. The molecule has 0 aliphatic rings. The van der Waals surface area contributed by atoms with Crippen molar-refractivity contribution in [3.05, 3.63) is 54.1 Å². The third kappa shape index (κ3) is 5.81. The highest BCUT2D eigenvalue weighted by Gasteiger charge is 1.98. The van der Waals surface area contributed by atoms with Gasteiger partial charge in [-0.3, -0.25) is 0 Å². The van der Waals surface area contributed by atoms with Crippen LogP contribution in [0.4, 0.5) is 0 Å². The Morgan fingerprint density at radius 1 is 0.810 bits per heavy atom. The van der Waals surface area contributed by atoms with E-state index in [9.17, 15) is 0 Å². The van der Waals surface area contributed by atoms with Gasteiger partial charge in [0.15, 0.2) is 0 Å². The minimum absolute atomic E-state index is 0.564. The largest absolute Gasteiger partial charge is 0.497 e. The summed E-state index contributed by atoms with van der Waals surface area (Å²) in [5, 5.41) is 0. The third-order valence-corrected chi connectivity index (χ3v) is 4.33. The van der Waals surface area contributed by atoms with Crippen LogP contribution in [0.3, 0.4) is 0 Å². The van der Waals surface area contributed by atoms with Crippen LogP contribution in [0.15, 0.2) is 48.5 Å². The fourth-order valence-electron chi connectivity index (χ4n) is 1.65. The van der Waals surface area contributed by atoms with Crippen molar-refractivity contribution in [3.63, 3.8) is 0 Å². The lowest BCUT2D eigenvalue weighted by Crippen LogP contribution is -1.94. The van der Waals surface area contributed by atoms with Crippen molar-refractivity contribution in [2.75, 3.05) is 19.0 Å². The molecule has 0 saturated heterocycles. The molecular formula is C16H18O3S2. The molecule has 0 saturated carbocycles. The number of hydrogen-bond acceptors (Lipinski definition) is 5. The zero-order valence-electron chi connectivity index (χ0n) is 12.1. The summed E-state index contributed by atoms with van der Waals surface area (Å²) in [7, 11) is 4.88. The SMILES string of the molecule is COc1cccc(OCSSCOc2cccc(C)c2)c1. The minimum Gasteiger partial charge on any atom is -0.497 e. The number of rotatable bonds is 8. The van der Waals surface area contributed by atoms with Crippen molar-refractivity contribution in [2.24, 2.45) is 0 Å². The molecule has 2 aromatic carbocycles. The van der Waals surface area contributed by atoms with Crippen molar-refractivity contribution >= 4 is 21.6 Å². The molecule has 0 atom stereocenters. The predicted octanol–water partition coefficient (Wildman–Crippen LogP) is 4.76. The van der Waals surface area contributed by atoms with Gasteiger partial charge in [0.2, 0.25) is 0 Å². The second-order valence-electron chi connectivity index (χ2n) is 4.26. The first-order valence-corrected chi connectivity index (χ1v) is 8.97. The van der Waals surface area contributed by atoms with Gasteiger partial charge in [0.25, 0.3) is 0 Å². The molecule has 3 nitrogen and oxygen atoms in total. The Labute approximate surface area is 133 Å². The number of benzene rings is 2. The van der Waals surface area contributed by atoms with Gasteiger partial charge in [-0.25, -0.2) is 0 Å². The third-order valence-electron chi connectivity index (χ3n) is 2.66. The first-order chi connectivity index (χ1) is 10.3. The van der Waals surface area contributed by atoms with E-state index in [2.05, 4.69) is 13.0 Å². The molecule has 0 aliphatic carbocycles. The van der Waals surface area contributed by atoms with E-state index >= 15 is 0 Å². The van der Waals surface area contributed by atoms with Gasteiger partial charge in [-0.1, -0.05) is 18.2 Å². The maximum Gasteiger partial charge on any atom is 0.144 e. The summed E-state index contributed by atoms with van der Waals surface area (Å²) in [4.78, 5) is 0.